The molecule has 2 amide bonds. The van der Waals surface area contributed by atoms with Gasteiger partial charge in [-0.05, 0) is 38.2 Å². The average molecular weight is 466 g/mol. The van der Waals surface area contributed by atoms with Crippen molar-refractivity contribution in [3.05, 3.63) is 52.8 Å². The fourth-order valence-electron chi connectivity index (χ4n) is 4.43. The number of benzene rings is 1. The average Bonchev–Trinajstić information content (AvgIpc) is 3.22. The Balaban J connectivity index is 1.42. The molecule has 0 atom stereocenters. The first-order valence-corrected chi connectivity index (χ1v) is 12.0. The Morgan fingerprint density at radius 3 is 2.68 bits per heavy atom. The van der Waals surface area contributed by atoms with Gasteiger partial charge in [-0.2, -0.15) is 10.2 Å². The van der Waals surface area contributed by atoms with Gasteiger partial charge < -0.3 is 9.64 Å². The highest BCUT2D eigenvalue weighted by atomic mass is 16.5. The molecule has 0 radical (unpaired) electrons. The third-order valence-electron chi connectivity index (χ3n) is 6.24. The Bertz CT molecular complexity index is 1080. The van der Waals surface area contributed by atoms with Gasteiger partial charge in [0.15, 0.2) is 5.69 Å². The second kappa shape index (κ2) is 11.1. The zero-order valence-corrected chi connectivity index (χ0v) is 19.6. The van der Waals surface area contributed by atoms with Crippen molar-refractivity contribution in [2.24, 2.45) is 5.10 Å². The van der Waals surface area contributed by atoms with Crippen LogP contribution in [0.25, 0.3) is 0 Å². The third kappa shape index (κ3) is 5.70. The standard InChI is InChI=1S/C25H31N5O4/c1-2-34-25(33)24-20-17-29(23(32)13-11-19-10-12-22(31)27-26-19)16-14-21(20)30(28-24)15-6-9-18-7-4-3-5-8-18/h3-5,7-8H,2,6,9-17H2,1H3,(H,27,31). The van der Waals surface area contributed by atoms with Gasteiger partial charge >= 0.3 is 5.97 Å². The molecular weight excluding hydrogens is 434 g/mol. The van der Waals surface area contributed by atoms with E-state index in [9.17, 15) is 14.4 Å². The Kier molecular flexibility index (Phi) is 7.72. The molecule has 0 fully saturated rings. The van der Waals surface area contributed by atoms with Crippen molar-refractivity contribution in [2.75, 3.05) is 13.2 Å². The van der Waals surface area contributed by atoms with E-state index in [1.807, 2.05) is 22.9 Å². The van der Waals surface area contributed by atoms with E-state index in [2.05, 4.69) is 27.8 Å². The van der Waals surface area contributed by atoms with Crippen LogP contribution < -0.4 is 5.43 Å². The zero-order chi connectivity index (χ0) is 23.9. The summed E-state index contributed by atoms with van der Waals surface area (Å²) in [6.45, 7) is 3.69. The van der Waals surface area contributed by atoms with Gasteiger partial charge in [0.2, 0.25) is 11.8 Å². The predicted octanol–water partition coefficient (Wildman–Crippen LogP) is 2.62. The number of hydrazone groups is 1. The van der Waals surface area contributed by atoms with E-state index >= 15 is 0 Å². The van der Waals surface area contributed by atoms with E-state index in [0.717, 1.165) is 29.8 Å². The molecule has 0 unspecified atom stereocenters. The lowest BCUT2D eigenvalue weighted by Crippen LogP contribution is -2.37. The Morgan fingerprint density at radius 1 is 1.12 bits per heavy atom. The first kappa shape index (κ1) is 23.7. The van der Waals surface area contributed by atoms with Crippen LogP contribution in [0.1, 0.15) is 66.3 Å². The Labute approximate surface area is 199 Å². The summed E-state index contributed by atoms with van der Waals surface area (Å²) >= 11 is 0. The Morgan fingerprint density at radius 2 is 1.94 bits per heavy atom. The van der Waals surface area contributed by atoms with Crippen molar-refractivity contribution in [3.8, 4) is 0 Å². The normalized spacial score (nSPS) is 15.4. The quantitative estimate of drug-likeness (QED) is 0.573. The molecule has 9 heteroatoms. The number of aryl methyl sites for hydroxylation is 2. The number of fused-ring (bicyclic) bond motifs is 1. The number of amides is 2. The van der Waals surface area contributed by atoms with Crippen molar-refractivity contribution in [1.82, 2.24) is 20.1 Å². The van der Waals surface area contributed by atoms with Gasteiger partial charge in [0.05, 0.1) is 6.61 Å². The number of hydrogen-bond acceptors (Lipinski definition) is 6. The van der Waals surface area contributed by atoms with E-state index in [4.69, 9.17) is 4.74 Å². The molecule has 4 rings (SSSR count). The highest BCUT2D eigenvalue weighted by molar-refractivity contribution is 5.94. The van der Waals surface area contributed by atoms with Crippen LogP contribution in [0.15, 0.2) is 35.4 Å². The van der Waals surface area contributed by atoms with Crippen LogP contribution in [-0.2, 0) is 40.3 Å². The first-order chi connectivity index (χ1) is 16.5. The second-order valence-corrected chi connectivity index (χ2v) is 8.58. The van der Waals surface area contributed by atoms with Gasteiger partial charge in [-0.1, -0.05) is 30.3 Å². The molecule has 180 valence electrons. The minimum Gasteiger partial charge on any atom is -0.461 e. The molecule has 0 spiro atoms. The third-order valence-corrected chi connectivity index (χ3v) is 6.24. The van der Waals surface area contributed by atoms with Crippen molar-refractivity contribution in [3.63, 3.8) is 0 Å². The maximum Gasteiger partial charge on any atom is 0.359 e. The molecule has 1 N–H and O–H groups in total. The molecule has 34 heavy (non-hydrogen) atoms. The van der Waals surface area contributed by atoms with Crippen molar-refractivity contribution in [1.29, 1.82) is 0 Å². The molecule has 1 aromatic heterocycles. The zero-order valence-electron chi connectivity index (χ0n) is 19.6. The number of aromatic nitrogens is 2. The van der Waals surface area contributed by atoms with E-state index in [1.54, 1.807) is 11.8 Å². The van der Waals surface area contributed by atoms with Gasteiger partial charge in [0.25, 0.3) is 0 Å². The molecule has 0 aliphatic carbocycles. The molecule has 2 aliphatic rings. The van der Waals surface area contributed by atoms with Gasteiger partial charge in [-0.25, -0.2) is 10.2 Å². The van der Waals surface area contributed by atoms with Crippen molar-refractivity contribution < 1.29 is 19.1 Å². The van der Waals surface area contributed by atoms with Crippen LogP contribution in [-0.4, -0.2) is 51.3 Å². The molecule has 0 saturated carbocycles. The molecule has 2 aliphatic heterocycles. The number of nitrogens with one attached hydrogen (secondary N) is 1. The summed E-state index contributed by atoms with van der Waals surface area (Å²) in [5.74, 6) is -0.523. The number of carbonyl (C=O) groups is 3. The molecule has 0 bridgehead atoms. The number of carbonyl (C=O) groups excluding carboxylic acids is 3. The summed E-state index contributed by atoms with van der Waals surface area (Å²) in [4.78, 5) is 38.5. The second-order valence-electron chi connectivity index (χ2n) is 8.58. The van der Waals surface area contributed by atoms with Crippen LogP contribution in [0, 0.1) is 0 Å². The maximum atomic E-state index is 12.9. The molecule has 9 nitrogen and oxygen atoms in total. The summed E-state index contributed by atoms with van der Waals surface area (Å²) in [6.07, 6.45) is 4.32. The van der Waals surface area contributed by atoms with E-state index < -0.39 is 5.97 Å². The number of ether oxygens (including phenoxy) is 1. The minimum atomic E-state index is -0.442. The highest BCUT2D eigenvalue weighted by Gasteiger charge is 2.30. The number of rotatable bonds is 9. The highest BCUT2D eigenvalue weighted by Crippen LogP contribution is 2.25. The topological polar surface area (TPSA) is 106 Å². The largest absolute Gasteiger partial charge is 0.461 e. The van der Waals surface area contributed by atoms with Gasteiger partial charge in [0, 0.05) is 55.9 Å². The van der Waals surface area contributed by atoms with Gasteiger partial charge in [-0.3, -0.25) is 14.3 Å². The molecular formula is C25H31N5O4. The van der Waals surface area contributed by atoms with Crippen LogP contribution in [0.4, 0.5) is 0 Å². The molecule has 3 heterocycles. The lowest BCUT2D eigenvalue weighted by Gasteiger charge is -2.28. The van der Waals surface area contributed by atoms with Crippen molar-refractivity contribution >= 4 is 23.5 Å². The van der Waals surface area contributed by atoms with Gasteiger partial charge in [-0.15, -0.1) is 0 Å². The molecule has 1 aromatic carbocycles. The fourth-order valence-corrected chi connectivity index (χ4v) is 4.43. The fraction of sp³-hybridized carbons (Fsp3) is 0.480. The minimum absolute atomic E-state index is 0.0110. The van der Waals surface area contributed by atoms with E-state index in [-0.39, 0.29) is 18.4 Å². The summed E-state index contributed by atoms with van der Waals surface area (Å²) in [5, 5.41) is 8.65. The lowest BCUT2D eigenvalue weighted by atomic mass is 10.0. The predicted molar refractivity (Wildman–Crippen MR) is 126 cm³/mol. The first-order valence-electron chi connectivity index (χ1n) is 12.0. The van der Waals surface area contributed by atoms with Crippen LogP contribution in [0.2, 0.25) is 0 Å². The molecule has 2 aromatic rings. The van der Waals surface area contributed by atoms with Crippen LogP contribution in [0.3, 0.4) is 0 Å². The maximum absolute atomic E-state index is 12.9. The molecule has 0 saturated heterocycles. The summed E-state index contributed by atoms with van der Waals surface area (Å²) < 4.78 is 7.17. The smallest absolute Gasteiger partial charge is 0.359 e. The van der Waals surface area contributed by atoms with E-state index in [0.29, 0.717) is 57.4 Å². The summed E-state index contributed by atoms with van der Waals surface area (Å²) in [6, 6.07) is 10.3. The van der Waals surface area contributed by atoms with Gasteiger partial charge in [0.1, 0.15) is 0 Å². The SMILES string of the molecule is CCOC(=O)c1nn(CCCc2ccccc2)c2c1CN(C(=O)CCC1=NNC(=O)CC1)CC2. The van der Waals surface area contributed by atoms with Crippen LogP contribution >= 0.6 is 0 Å². The van der Waals surface area contributed by atoms with E-state index in [1.165, 1.54) is 5.56 Å². The summed E-state index contributed by atoms with van der Waals surface area (Å²) in [7, 11) is 0. The monoisotopic (exact) mass is 465 g/mol. The van der Waals surface area contributed by atoms with Crippen LogP contribution in [0.5, 0.6) is 0 Å². The number of nitrogens with zero attached hydrogens (tertiary/aromatic N) is 4. The lowest BCUT2D eigenvalue weighted by molar-refractivity contribution is -0.132. The summed E-state index contributed by atoms with van der Waals surface area (Å²) in [5.41, 5.74) is 6.70. The van der Waals surface area contributed by atoms with Crippen molar-refractivity contribution in [2.45, 2.75) is 65.0 Å². The number of hydrogen-bond donors (Lipinski definition) is 1. The number of esters is 1. The Hall–Kier alpha value is -3.49.